The van der Waals surface area contributed by atoms with Crippen LogP contribution in [0.4, 0.5) is 11.4 Å². The van der Waals surface area contributed by atoms with E-state index in [1.54, 1.807) is 0 Å². The molecule has 6 heteroatoms. The fourth-order valence-electron chi connectivity index (χ4n) is 2.84. The van der Waals surface area contributed by atoms with Crippen molar-refractivity contribution >= 4 is 38.4 Å². The molecule has 0 amide bonds. The molecule has 1 atom stereocenters. The number of anilines is 2. The average molecular weight is 438 g/mol. The lowest BCUT2D eigenvalue weighted by molar-refractivity contribution is 0.201. The normalized spacial score (nSPS) is 12.1. The second-order valence-electron chi connectivity index (χ2n) is 6.49. The van der Waals surface area contributed by atoms with Crippen molar-refractivity contribution < 1.29 is 9.52 Å². The number of halogens is 1. The van der Waals surface area contributed by atoms with Gasteiger partial charge in [0.1, 0.15) is 5.52 Å². The van der Waals surface area contributed by atoms with Crippen molar-refractivity contribution in [2.24, 2.45) is 0 Å². The first-order valence-electron chi connectivity index (χ1n) is 9.05. The molecule has 1 aromatic heterocycles. The molecule has 4 aromatic rings. The molecule has 0 bridgehead atoms. The average Bonchev–Trinajstić information content (AvgIpc) is 3.16. The zero-order valence-corrected chi connectivity index (χ0v) is 16.7. The van der Waals surface area contributed by atoms with Crippen LogP contribution < -0.4 is 10.6 Å². The molecule has 0 spiro atoms. The Morgan fingerprint density at radius 2 is 1.46 bits per heavy atom. The van der Waals surface area contributed by atoms with Gasteiger partial charge in [0.25, 0.3) is 0 Å². The number of fused-ring (bicyclic) bond motifs is 1. The summed E-state index contributed by atoms with van der Waals surface area (Å²) in [6, 6.07) is 23.4. The first kappa shape index (κ1) is 18.5. The maximum Gasteiger partial charge on any atom is 0.227 e. The van der Waals surface area contributed by atoms with E-state index >= 15 is 0 Å². The number of aromatic nitrogens is 1. The molecule has 0 saturated carbocycles. The molecule has 0 aliphatic carbocycles. The summed E-state index contributed by atoms with van der Waals surface area (Å²) in [4.78, 5) is 4.51. The summed E-state index contributed by atoms with van der Waals surface area (Å²) >= 11 is 3.41. The molecule has 0 aliphatic heterocycles. The standard InChI is InChI=1S/C22H20BrN3O2/c23-16-7-11-18(12-8-16)25-14-19(27)13-24-17-9-5-15(6-10-17)22-26-20-3-1-2-4-21(20)28-22/h1-12,19,24-25,27H,13-14H2. The lowest BCUT2D eigenvalue weighted by Crippen LogP contribution is -2.27. The van der Waals surface area contributed by atoms with Gasteiger partial charge >= 0.3 is 0 Å². The van der Waals surface area contributed by atoms with E-state index in [1.165, 1.54) is 0 Å². The van der Waals surface area contributed by atoms with Crippen LogP contribution in [-0.2, 0) is 0 Å². The molecule has 1 heterocycles. The van der Waals surface area contributed by atoms with Crippen molar-refractivity contribution in [2.75, 3.05) is 23.7 Å². The van der Waals surface area contributed by atoms with Gasteiger partial charge in [-0.2, -0.15) is 0 Å². The molecule has 1 unspecified atom stereocenters. The third kappa shape index (κ3) is 4.52. The molecule has 0 radical (unpaired) electrons. The van der Waals surface area contributed by atoms with Gasteiger partial charge in [0.05, 0.1) is 6.10 Å². The van der Waals surface area contributed by atoms with Crippen LogP contribution in [0.1, 0.15) is 0 Å². The van der Waals surface area contributed by atoms with Gasteiger partial charge in [-0.1, -0.05) is 28.1 Å². The first-order valence-corrected chi connectivity index (χ1v) is 9.84. The van der Waals surface area contributed by atoms with E-state index in [0.29, 0.717) is 19.0 Å². The minimum Gasteiger partial charge on any atom is -0.436 e. The van der Waals surface area contributed by atoms with E-state index in [4.69, 9.17) is 4.42 Å². The minimum absolute atomic E-state index is 0.450. The number of benzene rings is 3. The SMILES string of the molecule is OC(CNc1ccc(Br)cc1)CNc1ccc(-c2nc3ccccc3o2)cc1. The fourth-order valence-corrected chi connectivity index (χ4v) is 3.10. The van der Waals surface area contributed by atoms with Gasteiger partial charge < -0.3 is 20.2 Å². The maximum absolute atomic E-state index is 10.2. The summed E-state index contributed by atoms with van der Waals surface area (Å²) in [5.74, 6) is 0.603. The molecule has 0 fully saturated rings. The summed E-state index contributed by atoms with van der Waals surface area (Å²) in [5, 5.41) is 16.6. The zero-order chi connectivity index (χ0) is 19.3. The predicted molar refractivity (Wildman–Crippen MR) is 117 cm³/mol. The topological polar surface area (TPSA) is 70.3 Å². The number of oxazole rings is 1. The third-order valence-electron chi connectivity index (χ3n) is 4.35. The molecular weight excluding hydrogens is 418 g/mol. The summed E-state index contributed by atoms with van der Waals surface area (Å²) in [6.45, 7) is 0.918. The number of rotatable bonds is 7. The maximum atomic E-state index is 10.2. The first-order chi connectivity index (χ1) is 13.7. The Balaban J connectivity index is 1.31. The van der Waals surface area contributed by atoms with Crippen molar-refractivity contribution in [3.63, 3.8) is 0 Å². The number of hydrogen-bond acceptors (Lipinski definition) is 5. The number of nitrogens with one attached hydrogen (secondary N) is 2. The molecule has 0 aliphatic rings. The lowest BCUT2D eigenvalue weighted by Gasteiger charge is -2.14. The van der Waals surface area contributed by atoms with Crippen molar-refractivity contribution in [1.29, 1.82) is 0 Å². The van der Waals surface area contributed by atoms with Gasteiger partial charge in [-0.3, -0.25) is 0 Å². The molecule has 3 N–H and O–H groups in total. The Labute approximate surface area is 171 Å². The van der Waals surface area contributed by atoms with E-state index in [9.17, 15) is 5.11 Å². The van der Waals surface area contributed by atoms with Crippen LogP contribution in [0.3, 0.4) is 0 Å². The molecule has 3 aromatic carbocycles. The van der Waals surface area contributed by atoms with Crippen LogP contribution in [0.2, 0.25) is 0 Å². The number of para-hydroxylation sites is 2. The quantitative estimate of drug-likeness (QED) is 0.373. The zero-order valence-electron chi connectivity index (χ0n) is 15.1. The number of hydrogen-bond donors (Lipinski definition) is 3. The van der Waals surface area contributed by atoms with E-state index in [2.05, 4.69) is 31.5 Å². The molecule has 5 nitrogen and oxygen atoms in total. The van der Waals surface area contributed by atoms with Crippen LogP contribution in [0.5, 0.6) is 0 Å². The van der Waals surface area contributed by atoms with Crippen LogP contribution in [0, 0.1) is 0 Å². The fraction of sp³-hybridized carbons (Fsp3) is 0.136. The van der Waals surface area contributed by atoms with Gasteiger partial charge in [-0.15, -0.1) is 0 Å². The van der Waals surface area contributed by atoms with Crippen molar-refractivity contribution in [1.82, 2.24) is 4.98 Å². The monoisotopic (exact) mass is 437 g/mol. The Hall–Kier alpha value is -2.83. The number of aliphatic hydroxyl groups excluding tert-OH is 1. The van der Waals surface area contributed by atoms with Crippen molar-refractivity contribution in [3.05, 3.63) is 77.3 Å². The Bertz CT molecular complexity index is 1010. The Morgan fingerprint density at radius 1 is 0.857 bits per heavy atom. The molecule has 28 heavy (non-hydrogen) atoms. The third-order valence-corrected chi connectivity index (χ3v) is 4.88. The number of nitrogens with zero attached hydrogens (tertiary/aromatic N) is 1. The van der Waals surface area contributed by atoms with Crippen LogP contribution in [0.15, 0.2) is 81.7 Å². The van der Waals surface area contributed by atoms with E-state index < -0.39 is 6.10 Å². The second-order valence-corrected chi connectivity index (χ2v) is 7.40. The molecule has 0 saturated heterocycles. The van der Waals surface area contributed by atoms with Gasteiger partial charge in [0.15, 0.2) is 5.58 Å². The van der Waals surface area contributed by atoms with Crippen molar-refractivity contribution in [3.8, 4) is 11.5 Å². The Kier molecular flexibility index (Phi) is 5.60. The van der Waals surface area contributed by atoms with E-state index in [0.717, 1.165) is 32.5 Å². The number of aliphatic hydroxyl groups is 1. The second kappa shape index (κ2) is 8.46. The van der Waals surface area contributed by atoms with Crippen LogP contribution >= 0.6 is 15.9 Å². The summed E-state index contributed by atoms with van der Waals surface area (Å²) in [6.07, 6.45) is -0.514. The van der Waals surface area contributed by atoms with E-state index in [1.807, 2.05) is 72.8 Å². The van der Waals surface area contributed by atoms with Gasteiger partial charge in [0.2, 0.25) is 5.89 Å². The molecule has 142 valence electrons. The highest BCUT2D eigenvalue weighted by Crippen LogP contribution is 2.25. The van der Waals surface area contributed by atoms with Crippen molar-refractivity contribution in [2.45, 2.75) is 6.10 Å². The highest BCUT2D eigenvalue weighted by molar-refractivity contribution is 9.10. The van der Waals surface area contributed by atoms with Crippen LogP contribution in [-0.4, -0.2) is 29.3 Å². The van der Waals surface area contributed by atoms with Gasteiger partial charge in [0, 0.05) is 34.5 Å². The smallest absolute Gasteiger partial charge is 0.227 e. The Morgan fingerprint density at radius 3 is 2.11 bits per heavy atom. The predicted octanol–water partition coefficient (Wildman–Crippen LogP) is 5.14. The van der Waals surface area contributed by atoms with E-state index in [-0.39, 0.29) is 0 Å². The summed E-state index contributed by atoms with van der Waals surface area (Å²) < 4.78 is 6.82. The molecular formula is C22H20BrN3O2. The van der Waals surface area contributed by atoms with Gasteiger partial charge in [-0.05, 0) is 60.7 Å². The highest BCUT2D eigenvalue weighted by atomic mass is 79.9. The highest BCUT2D eigenvalue weighted by Gasteiger charge is 2.08. The largest absolute Gasteiger partial charge is 0.436 e. The summed E-state index contributed by atoms with van der Waals surface area (Å²) in [5.41, 5.74) is 4.45. The minimum atomic E-state index is -0.514. The van der Waals surface area contributed by atoms with Gasteiger partial charge in [-0.25, -0.2) is 4.98 Å². The summed E-state index contributed by atoms with van der Waals surface area (Å²) in [7, 11) is 0. The van der Waals surface area contributed by atoms with Crippen LogP contribution in [0.25, 0.3) is 22.6 Å². The lowest BCUT2D eigenvalue weighted by atomic mass is 10.2. The molecule has 4 rings (SSSR count).